The first kappa shape index (κ1) is 30.4. The molecule has 4 aliphatic rings. The number of carboxylic acid groups (broad SMARTS) is 1. The third-order valence-electron chi connectivity index (χ3n) is 10.4. The second-order valence-electron chi connectivity index (χ2n) is 13.1. The van der Waals surface area contributed by atoms with Crippen LogP contribution in [0.1, 0.15) is 72.9 Å². The zero-order valence-electron chi connectivity index (χ0n) is 24.3. The molecule has 0 unspecified atom stereocenters. The summed E-state index contributed by atoms with van der Waals surface area (Å²) < 4.78 is 30.4. The van der Waals surface area contributed by atoms with E-state index >= 15 is 0 Å². The van der Waals surface area contributed by atoms with Crippen LogP contribution in [0.5, 0.6) is 5.75 Å². The Morgan fingerprint density at radius 2 is 1.98 bits per heavy atom. The number of sulfonamides is 1. The topological polar surface area (TPSA) is 130 Å². The summed E-state index contributed by atoms with van der Waals surface area (Å²) in [6.07, 6.45) is 10.8. The number of primary sulfonamides is 1. The van der Waals surface area contributed by atoms with Crippen LogP contribution in [0.25, 0.3) is 0 Å². The van der Waals surface area contributed by atoms with Crippen molar-refractivity contribution in [2.75, 3.05) is 24.6 Å². The number of aliphatic hydroxyl groups excluding tert-OH is 1. The van der Waals surface area contributed by atoms with Crippen LogP contribution in [0.3, 0.4) is 0 Å². The number of rotatable bonds is 8. The Balaban J connectivity index is 1.22. The molecule has 2 aromatic rings. The number of aryl methyl sites for hydroxylation is 1. The fourth-order valence-electron chi connectivity index (χ4n) is 8.04. The lowest BCUT2D eigenvalue weighted by molar-refractivity contribution is 0.0455. The van der Waals surface area contributed by atoms with Gasteiger partial charge in [-0.05, 0) is 111 Å². The van der Waals surface area contributed by atoms with Crippen LogP contribution in [0.2, 0.25) is 5.02 Å². The summed E-state index contributed by atoms with van der Waals surface area (Å²) in [5, 5.41) is 26.6. The molecule has 0 aromatic heterocycles. The van der Waals surface area contributed by atoms with Crippen LogP contribution in [0.15, 0.2) is 48.6 Å². The van der Waals surface area contributed by atoms with E-state index in [-0.39, 0.29) is 28.7 Å². The predicted octanol–water partition coefficient (Wildman–Crippen LogP) is 5.30. The van der Waals surface area contributed by atoms with E-state index in [1.807, 2.05) is 18.2 Å². The number of aliphatic hydroxyl groups is 1. The number of ether oxygens (including phenoxy) is 1. The molecule has 0 radical (unpaired) electrons. The van der Waals surface area contributed by atoms with E-state index in [4.69, 9.17) is 21.5 Å². The molecule has 8 nitrogen and oxygen atoms in total. The highest BCUT2D eigenvalue weighted by atomic mass is 35.5. The van der Waals surface area contributed by atoms with Crippen molar-refractivity contribution in [3.8, 4) is 5.75 Å². The van der Waals surface area contributed by atoms with Crippen molar-refractivity contribution in [2.24, 2.45) is 22.9 Å². The second kappa shape index (κ2) is 12.1. The molecule has 2 saturated carbocycles. The minimum absolute atomic E-state index is 0.00267. The fraction of sp³-hybridized carbons (Fsp3) is 0.545. The molecule has 2 fully saturated rings. The van der Waals surface area contributed by atoms with Crippen molar-refractivity contribution in [1.29, 1.82) is 0 Å². The lowest BCUT2D eigenvalue weighted by Crippen LogP contribution is -2.49. The van der Waals surface area contributed by atoms with Crippen molar-refractivity contribution in [3.63, 3.8) is 0 Å². The molecule has 2 aromatic carbocycles. The van der Waals surface area contributed by atoms with Crippen molar-refractivity contribution in [3.05, 3.63) is 70.3 Å². The summed E-state index contributed by atoms with van der Waals surface area (Å²) in [6, 6.07) is 11.2. The number of benzene rings is 2. The number of anilines is 1. The molecule has 232 valence electrons. The van der Waals surface area contributed by atoms with Gasteiger partial charge in [-0.1, -0.05) is 36.2 Å². The monoisotopic (exact) mass is 628 g/mol. The lowest BCUT2D eigenvalue weighted by Gasteiger charge is -2.45. The van der Waals surface area contributed by atoms with Gasteiger partial charge in [0.05, 0.1) is 29.2 Å². The van der Waals surface area contributed by atoms with Crippen LogP contribution in [0, 0.1) is 17.8 Å². The van der Waals surface area contributed by atoms with Crippen molar-refractivity contribution >= 4 is 33.3 Å². The quantitative estimate of drug-likeness (QED) is 0.338. The maximum Gasteiger partial charge on any atom is 0.335 e. The highest BCUT2D eigenvalue weighted by Gasteiger charge is 2.44. The third-order valence-corrected chi connectivity index (χ3v) is 12.1. The molecular weight excluding hydrogens is 588 g/mol. The van der Waals surface area contributed by atoms with Gasteiger partial charge in [-0.25, -0.2) is 18.4 Å². The molecular formula is C33H41ClN2O6S. The van der Waals surface area contributed by atoms with Gasteiger partial charge in [0.25, 0.3) is 0 Å². The van der Waals surface area contributed by atoms with Crippen LogP contribution in [-0.4, -0.2) is 55.7 Å². The summed E-state index contributed by atoms with van der Waals surface area (Å²) in [5.41, 5.74) is 3.23. The second-order valence-corrected chi connectivity index (χ2v) is 15.3. The molecule has 6 atom stereocenters. The largest absolute Gasteiger partial charge is 0.490 e. The number of allylic oxidation sites excluding steroid dienone is 1. The first-order valence-electron chi connectivity index (χ1n) is 15.4. The maximum absolute atomic E-state index is 12.0. The number of hydrogen-bond acceptors (Lipinski definition) is 6. The van der Waals surface area contributed by atoms with E-state index in [1.165, 1.54) is 11.1 Å². The van der Waals surface area contributed by atoms with Gasteiger partial charge in [0.2, 0.25) is 10.0 Å². The van der Waals surface area contributed by atoms with Crippen LogP contribution < -0.4 is 14.8 Å². The number of aromatic carboxylic acids is 1. The summed E-state index contributed by atoms with van der Waals surface area (Å²) >= 11 is 6.37. The van der Waals surface area contributed by atoms with E-state index in [2.05, 4.69) is 17.0 Å². The minimum atomic E-state index is -3.56. The predicted molar refractivity (Wildman–Crippen MR) is 167 cm³/mol. The lowest BCUT2D eigenvalue weighted by atomic mass is 9.68. The average Bonchev–Trinajstić information content (AvgIpc) is 3.37. The number of nitrogens with zero attached hydrogens (tertiary/aromatic N) is 1. The first-order valence-corrected chi connectivity index (χ1v) is 17.4. The van der Waals surface area contributed by atoms with E-state index < -0.39 is 27.3 Å². The van der Waals surface area contributed by atoms with Gasteiger partial charge in [-0.2, -0.15) is 0 Å². The van der Waals surface area contributed by atoms with Gasteiger partial charge < -0.3 is 19.8 Å². The summed E-state index contributed by atoms with van der Waals surface area (Å²) in [6.45, 7) is 1.86. The molecule has 10 heteroatoms. The molecule has 1 aliphatic heterocycles. The number of hydrogen-bond donors (Lipinski definition) is 3. The molecule has 43 heavy (non-hydrogen) atoms. The van der Waals surface area contributed by atoms with E-state index in [0.717, 1.165) is 55.7 Å². The number of carbonyl (C=O) groups is 1. The standard InChI is InChI=1S/C33H41ClN2O6S/c34-25-11-13-27-22(16-25)6-3-15-33(27)19-36(28-17-23(32(38)39)10-14-30(28)42-20-33)18-24-9-12-26(24)29(37)7-1-4-21-5-2-8-31(21)43(35,40)41/h1,7,10-11,13-14,16-17,21,24,26,29,31,37H,2-6,8-9,12,15,18-20H2,(H,38,39)(H2,35,40,41)/b7-1+/t21-,24-,26+,29-,31+,33-/m0/s1. The van der Waals surface area contributed by atoms with E-state index in [9.17, 15) is 23.4 Å². The molecule has 1 heterocycles. The van der Waals surface area contributed by atoms with Crippen molar-refractivity contribution in [2.45, 2.75) is 74.6 Å². The fourth-order valence-corrected chi connectivity index (χ4v) is 9.52. The van der Waals surface area contributed by atoms with Gasteiger partial charge in [0, 0.05) is 23.5 Å². The zero-order chi connectivity index (χ0) is 30.4. The number of fused-ring (bicyclic) bond motifs is 3. The highest BCUT2D eigenvalue weighted by Crippen LogP contribution is 2.46. The average molecular weight is 629 g/mol. The van der Waals surface area contributed by atoms with Crippen LogP contribution in [0.4, 0.5) is 5.69 Å². The van der Waals surface area contributed by atoms with Crippen molar-refractivity contribution < 1.29 is 28.2 Å². The van der Waals surface area contributed by atoms with Gasteiger partial charge in [0.1, 0.15) is 5.75 Å². The Labute approximate surface area is 258 Å². The molecule has 0 bridgehead atoms. The Kier molecular flexibility index (Phi) is 8.54. The van der Waals surface area contributed by atoms with Gasteiger partial charge in [-0.3, -0.25) is 0 Å². The number of nitrogens with two attached hydrogens (primary N) is 1. The normalized spacial score (nSPS) is 29.4. The van der Waals surface area contributed by atoms with E-state index in [0.29, 0.717) is 38.3 Å². The molecule has 4 N–H and O–H groups in total. The molecule has 1 spiro atoms. The summed E-state index contributed by atoms with van der Waals surface area (Å²) in [7, 11) is -3.56. The smallest absolute Gasteiger partial charge is 0.335 e. The molecule has 0 amide bonds. The number of carboxylic acids is 1. The Morgan fingerprint density at radius 1 is 1.14 bits per heavy atom. The van der Waals surface area contributed by atoms with Crippen LogP contribution in [-0.2, 0) is 21.9 Å². The highest BCUT2D eigenvalue weighted by molar-refractivity contribution is 7.89. The molecule has 3 aliphatic carbocycles. The summed E-state index contributed by atoms with van der Waals surface area (Å²) in [5.74, 6) is -0.0173. The molecule has 6 rings (SSSR count). The van der Waals surface area contributed by atoms with Gasteiger partial charge >= 0.3 is 5.97 Å². The third kappa shape index (κ3) is 6.19. The Bertz CT molecular complexity index is 1510. The zero-order valence-corrected chi connectivity index (χ0v) is 25.9. The van der Waals surface area contributed by atoms with Crippen molar-refractivity contribution in [1.82, 2.24) is 0 Å². The Morgan fingerprint density at radius 3 is 2.72 bits per heavy atom. The summed E-state index contributed by atoms with van der Waals surface area (Å²) in [4.78, 5) is 14.2. The maximum atomic E-state index is 12.0. The molecule has 0 saturated heterocycles. The SMILES string of the molecule is NS(=O)(=O)[C@@H]1CCC[C@@H]1C/C=C/[C@H](O)[C@@H]1CC[C@H]1CN1C[C@@]2(CCCc3cc(Cl)ccc32)COc2ccc(C(=O)O)cc21. The van der Waals surface area contributed by atoms with Gasteiger partial charge in [0.15, 0.2) is 0 Å². The van der Waals surface area contributed by atoms with Gasteiger partial charge in [-0.15, -0.1) is 0 Å². The first-order chi connectivity index (χ1) is 20.5. The van der Waals surface area contributed by atoms with E-state index in [1.54, 1.807) is 18.2 Å². The number of halogens is 1. The Hall–Kier alpha value is -2.59. The minimum Gasteiger partial charge on any atom is -0.490 e. The van der Waals surface area contributed by atoms with Crippen LogP contribution >= 0.6 is 11.6 Å².